The molecule has 0 aromatic heterocycles. The summed E-state index contributed by atoms with van der Waals surface area (Å²) in [4.78, 5) is 40.7. The standard InChI is InChI=1S/C13H13F3N2O5/c14-13(15,16)12(21)23-22-11(20)9(18-10(19)7-17)6-8-4-2-1-3-5-8/h1-5,9H,6-7,17H2,(H,18,19)/t9-/m0/s1. The van der Waals surface area contributed by atoms with E-state index in [1.54, 1.807) is 30.3 Å². The summed E-state index contributed by atoms with van der Waals surface area (Å²) in [6.45, 7) is -0.444. The van der Waals surface area contributed by atoms with Gasteiger partial charge in [0.05, 0.1) is 6.54 Å². The number of alkyl halides is 3. The number of amides is 1. The lowest BCUT2D eigenvalue weighted by atomic mass is 10.1. The summed E-state index contributed by atoms with van der Waals surface area (Å²) in [5.41, 5.74) is 5.69. The Balaban J connectivity index is 2.72. The number of carbonyl (C=O) groups is 3. The van der Waals surface area contributed by atoms with Gasteiger partial charge in [0, 0.05) is 6.42 Å². The minimum atomic E-state index is -5.31. The lowest BCUT2D eigenvalue weighted by Crippen LogP contribution is -2.46. The number of hydrogen-bond donors (Lipinski definition) is 2. The Hall–Kier alpha value is -2.62. The fourth-order valence-corrected chi connectivity index (χ4v) is 1.48. The van der Waals surface area contributed by atoms with E-state index in [0.29, 0.717) is 5.56 Å². The Labute approximate surface area is 128 Å². The highest BCUT2D eigenvalue weighted by Crippen LogP contribution is 2.16. The van der Waals surface area contributed by atoms with Gasteiger partial charge in [-0.15, -0.1) is 0 Å². The van der Waals surface area contributed by atoms with E-state index in [2.05, 4.69) is 15.1 Å². The van der Waals surface area contributed by atoms with Crippen LogP contribution in [-0.2, 0) is 30.6 Å². The number of rotatable bonds is 5. The minimum Gasteiger partial charge on any atom is -0.341 e. The first-order chi connectivity index (χ1) is 10.7. The number of nitrogens with one attached hydrogen (secondary N) is 1. The second-order valence-corrected chi connectivity index (χ2v) is 4.28. The zero-order valence-electron chi connectivity index (χ0n) is 11.6. The highest BCUT2D eigenvalue weighted by molar-refractivity contribution is 5.86. The molecule has 0 heterocycles. The molecule has 0 saturated carbocycles. The highest BCUT2D eigenvalue weighted by atomic mass is 19.4. The maximum absolute atomic E-state index is 12.0. The van der Waals surface area contributed by atoms with E-state index in [1.165, 1.54) is 0 Å². The van der Waals surface area contributed by atoms with Gasteiger partial charge in [-0.25, -0.2) is 19.4 Å². The molecule has 3 N–H and O–H groups in total. The Morgan fingerprint density at radius 3 is 2.26 bits per heavy atom. The van der Waals surface area contributed by atoms with E-state index in [4.69, 9.17) is 5.73 Å². The van der Waals surface area contributed by atoms with Gasteiger partial charge in [-0.1, -0.05) is 30.3 Å². The van der Waals surface area contributed by atoms with Crippen molar-refractivity contribution in [1.82, 2.24) is 5.32 Å². The lowest BCUT2D eigenvalue weighted by Gasteiger charge is -2.16. The molecule has 0 radical (unpaired) electrons. The third-order valence-corrected chi connectivity index (χ3v) is 2.52. The molecular weight excluding hydrogens is 321 g/mol. The molecule has 1 aromatic rings. The van der Waals surface area contributed by atoms with Gasteiger partial charge in [-0.05, 0) is 5.56 Å². The third-order valence-electron chi connectivity index (χ3n) is 2.52. The molecule has 1 aromatic carbocycles. The first kappa shape index (κ1) is 18.4. The Kier molecular flexibility index (Phi) is 6.51. The van der Waals surface area contributed by atoms with Crippen LogP contribution in [0.25, 0.3) is 0 Å². The van der Waals surface area contributed by atoms with Crippen molar-refractivity contribution in [3.63, 3.8) is 0 Å². The maximum atomic E-state index is 12.0. The van der Waals surface area contributed by atoms with E-state index in [9.17, 15) is 27.6 Å². The van der Waals surface area contributed by atoms with Crippen molar-refractivity contribution in [3.8, 4) is 0 Å². The van der Waals surface area contributed by atoms with Crippen LogP contribution in [0.15, 0.2) is 30.3 Å². The maximum Gasteiger partial charge on any atom is 0.495 e. The molecule has 0 aliphatic carbocycles. The van der Waals surface area contributed by atoms with E-state index >= 15 is 0 Å². The fraction of sp³-hybridized carbons (Fsp3) is 0.308. The molecule has 0 fully saturated rings. The molecule has 0 aliphatic heterocycles. The average molecular weight is 334 g/mol. The largest absolute Gasteiger partial charge is 0.495 e. The van der Waals surface area contributed by atoms with Gasteiger partial charge in [-0.3, -0.25) is 4.79 Å². The quantitative estimate of drug-likeness (QED) is 0.590. The number of carbonyl (C=O) groups excluding carboxylic acids is 3. The summed E-state index contributed by atoms with van der Waals surface area (Å²) < 4.78 is 35.9. The van der Waals surface area contributed by atoms with Crippen LogP contribution in [0.1, 0.15) is 5.56 Å². The highest BCUT2D eigenvalue weighted by Gasteiger charge is 2.43. The predicted octanol–water partition coefficient (Wildman–Crippen LogP) is 0.236. The number of benzene rings is 1. The van der Waals surface area contributed by atoms with Gasteiger partial charge in [0.25, 0.3) is 0 Å². The summed E-state index contributed by atoms with van der Waals surface area (Å²) >= 11 is 0. The second kappa shape index (κ2) is 8.13. The molecule has 10 heteroatoms. The molecule has 1 rings (SSSR count). The van der Waals surface area contributed by atoms with Gasteiger partial charge in [-0.2, -0.15) is 13.2 Å². The molecule has 1 amide bonds. The Morgan fingerprint density at radius 2 is 1.74 bits per heavy atom. The Morgan fingerprint density at radius 1 is 1.13 bits per heavy atom. The van der Waals surface area contributed by atoms with Crippen molar-refractivity contribution >= 4 is 17.8 Å². The van der Waals surface area contributed by atoms with Gasteiger partial charge < -0.3 is 11.1 Å². The van der Waals surface area contributed by atoms with Gasteiger partial charge in [0.15, 0.2) is 0 Å². The number of halogens is 3. The van der Waals surface area contributed by atoms with Crippen LogP contribution in [-0.4, -0.2) is 36.6 Å². The topological polar surface area (TPSA) is 108 Å². The molecule has 126 valence electrons. The predicted molar refractivity (Wildman–Crippen MR) is 69.4 cm³/mol. The molecule has 0 bridgehead atoms. The summed E-state index contributed by atoms with van der Waals surface area (Å²) in [6, 6.07) is 6.90. The average Bonchev–Trinajstić information content (AvgIpc) is 2.51. The van der Waals surface area contributed by atoms with Gasteiger partial charge in [0.2, 0.25) is 5.91 Å². The van der Waals surface area contributed by atoms with Gasteiger partial charge >= 0.3 is 18.1 Å². The molecule has 0 saturated heterocycles. The summed E-state index contributed by atoms with van der Waals surface area (Å²) in [7, 11) is 0. The molecule has 23 heavy (non-hydrogen) atoms. The van der Waals surface area contributed by atoms with Crippen LogP contribution in [0.3, 0.4) is 0 Å². The van der Waals surface area contributed by atoms with Crippen molar-refractivity contribution in [2.45, 2.75) is 18.6 Å². The summed E-state index contributed by atoms with van der Waals surface area (Å²) in [5.74, 6) is -4.78. The van der Waals surface area contributed by atoms with E-state index in [1.807, 2.05) is 0 Å². The lowest BCUT2D eigenvalue weighted by molar-refractivity contribution is -0.286. The molecule has 1 atom stereocenters. The summed E-state index contributed by atoms with van der Waals surface area (Å²) in [6.07, 6.45) is -5.40. The second-order valence-electron chi connectivity index (χ2n) is 4.28. The van der Waals surface area contributed by atoms with Gasteiger partial charge in [0.1, 0.15) is 6.04 Å². The van der Waals surface area contributed by atoms with E-state index in [-0.39, 0.29) is 6.42 Å². The summed E-state index contributed by atoms with van der Waals surface area (Å²) in [5, 5.41) is 2.17. The van der Waals surface area contributed by atoms with Crippen molar-refractivity contribution in [2.24, 2.45) is 5.73 Å². The normalized spacial score (nSPS) is 12.2. The van der Waals surface area contributed by atoms with Crippen molar-refractivity contribution in [2.75, 3.05) is 6.54 Å². The van der Waals surface area contributed by atoms with E-state index < -0.39 is 36.6 Å². The number of hydrogen-bond acceptors (Lipinski definition) is 6. The zero-order valence-corrected chi connectivity index (χ0v) is 11.6. The smallest absolute Gasteiger partial charge is 0.341 e. The minimum absolute atomic E-state index is 0.0883. The van der Waals surface area contributed by atoms with Crippen LogP contribution in [0.2, 0.25) is 0 Å². The first-order valence-corrected chi connectivity index (χ1v) is 6.27. The van der Waals surface area contributed by atoms with Crippen molar-refractivity contribution in [1.29, 1.82) is 0 Å². The Bertz CT molecular complexity index is 562. The molecule has 0 spiro atoms. The molecule has 7 nitrogen and oxygen atoms in total. The first-order valence-electron chi connectivity index (χ1n) is 6.27. The fourth-order valence-electron chi connectivity index (χ4n) is 1.48. The van der Waals surface area contributed by atoms with Crippen LogP contribution in [0.5, 0.6) is 0 Å². The monoisotopic (exact) mass is 334 g/mol. The van der Waals surface area contributed by atoms with Crippen LogP contribution >= 0.6 is 0 Å². The third kappa shape index (κ3) is 6.34. The zero-order chi connectivity index (χ0) is 17.5. The van der Waals surface area contributed by atoms with Crippen LogP contribution in [0.4, 0.5) is 13.2 Å². The van der Waals surface area contributed by atoms with Crippen LogP contribution in [0, 0.1) is 0 Å². The van der Waals surface area contributed by atoms with Crippen LogP contribution < -0.4 is 11.1 Å². The van der Waals surface area contributed by atoms with Crippen molar-refractivity contribution in [3.05, 3.63) is 35.9 Å². The molecule has 0 unspecified atom stereocenters. The SMILES string of the molecule is NCC(=O)N[C@@H](Cc1ccccc1)C(=O)OOC(=O)C(F)(F)F. The molecular formula is C13H13F3N2O5. The molecule has 0 aliphatic rings. The number of nitrogens with two attached hydrogens (primary N) is 1. The van der Waals surface area contributed by atoms with Crippen molar-refractivity contribution < 1.29 is 37.3 Å². The van der Waals surface area contributed by atoms with E-state index in [0.717, 1.165) is 0 Å².